The van der Waals surface area contributed by atoms with Crippen molar-refractivity contribution in [3.05, 3.63) is 33.1 Å². The van der Waals surface area contributed by atoms with E-state index in [2.05, 4.69) is 9.24 Å². The minimum atomic E-state index is -1.37. The van der Waals surface area contributed by atoms with Crippen molar-refractivity contribution >= 4 is 9.24 Å². The second-order valence-corrected chi connectivity index (χ2v) is 3.60. The lowest BCUT2D eigenvalue weighted by atomic mass is 10.2. The second-order valence-electron chi connectivity index (χ2n) is 3.60. The maximum absolute atomic E-state index is 13.5. The Morgan fingerprint density at radius 2 is 2.28 bits per heavy atom. The molecule has 4 unspecified atom stereocenters. The molecule has 0 radical (unpaired) electrons. The van der Waals surface area contributed by atoms with Crippen LogP contribution in [0.3, 0.4) is 0 Å². The average Bonchev–Trinajstić information content (AvgIpc) is 2.73. The monoisotopic (exact) mass is 278 g/mol. The summed E-state index contributed by atoms with van der Waals surface area (Å²) >= 11 is 0. The molecule has 0 spiro atoms. The van der Waals surface area contributed by atoms with E-state index in [9.17, 15) is 14.0 Å². The maximum Gasteiger partial charge on any atom is 0.330 e. The lowest BCUT2D eigenvalue weighted by Crippen LogP contribution is -2.34. The molecule has 0 aromatic carbocycles. The zero-order chi connectivity index (χ0) is 13.7. The third kappa shape index (κ3) is 3.25. The largest absolute Gasteiger partial charge is 0.394 e. The molecule has 2 heterocycles. The van der Waals surface area contributed by atoms with Gasteiger partial charge in [0.25, 0.3) is 5.56 Å². The number of hydrogen-bond donors (Lipinski definition) is 2. The van der Waals surface area contributed by atoms with Gasteiger partial charge in [-0.05, 0) is 0 Å². The summed E-state index contributed by atoms with van der Waals surface area (Å²) < 4.78 is 19.6. The van der Waals surface area contributed by atoms with Gasteiger partial charge in [0.15, 0.2) is 6.23 Å². The van der Waals surface area contributed by atoms with Crippen LogP contribution in [0.4, 0.5) is 4.39 Å². The third-order valence-electron chi connectivity index (χ3n) is 2.46. The summed E-state index contributed by atoms with van der Waals surface area (Å²) in [4.78, 5) is 24.2. The predicted octanol–water partition coefficient (Wildman–Crippen LogP) is -0.354. The van der Waals surface area contributed by atoms with Crippen LogP contribution in [-0.2, 0) is 4.74 Å². The number of halogens is 1. The summed E-state index contributed by atoms with van der Waals surface area (Å²) in [5, 5.41) is 8.83. The van der Waals surface area contributed by atoms with Gasteiger partial charge in [-0.25, -0.2) is 9.18 Å². The van der Waals surface area contributed by atoms with Crippen LogP contribution in [0.1, 0.15) is 12.6 Å². The summed E-state index contributed by atoms with van der Waals surface area (Å²) in [5.41, 5.74) is -1.27. The number of nitrogens with zero attached hydrogens (tertiary/aromatic N) is 1. The van der Waals surface area contributed by atoms with Crippen molar-refractivity contribution < 1.29 is 14.2 Å². The highest BCUT2D eigenvalue weighted by molar-refractivity contribution is 7.15. The van der Waals surface area contributed by atoms with Gasteiger partial charge in [-0.1, -0.05) is 6.66 Å². The molecule has 1 saturated heterocycles. The number of ether oxygens (including phenoxy) is 1. The molecule has 0 aliphatic carbocycles. The van der Waals surface area contributed by atoms with Crippen molar-refractivity contribution in [3.8, 4) is 0 Å². The zero-order valence-electron chi connectivity index (χ0n) is 9.88. The van der Waals surface area contributed by atoms with Gasteiger partial charge in [0.2, 0.25) is 0 Å². The first-order valence-electron chi connectivity index (χ1n) is 5.41. The van der Waals surface area contributed by atoms with Gasteiger partial charge in [0, 0.05) is 18.7 Å². The van der Waals surface area contributed by atoms with Crippen LogP contribution in [0, 0.1) is 0 Å². The van der Waals surface area contributed by atoms with E-state index < -0.39 is 29.8 Å². The number of hydrogen-bond acceptors (Lipinski definition) is 4. The van der Waals surface area contributed by atoms with E-state index in [4.69, 9.17) is 9.84 Å². The van der Waals surface area contributed by atoms with Crippen LogP contribution in [0.25, 0.3) is 0 Å². The van der Waals surface area contributed by atoms with E-state index in [1.807, 2.05) is 11.6 Å². The first-order valence-corrected chi connectivity index (χ1v) is 6.57. The molecule has 18 heavy (non-hydrogen) atoms. The third-order valence-corrected chi connectivity index (χ3v) is 2.46. The molecule has 0 amide bonds. The van der Waals surface area contributed by atoms with Gasteiger partial charge in [0.05, 0.1) is 12.7 Å². The van der Waals surface area contributed by atoms with E-state index in [1.165, 1.54) is 6.20 Å². The number of aromatic amines is 1. The van der Waals surface area contributed by atoms with Gasteiger partial charge < -0.3 is 9.84 Å². The molecule has 102 valence electrons. The highest BCUT2D eigenvalue weighted by Gasteiger charge is 2.36. The molecule has 0 bridgehead atoms. The average molecular weight is 278 g/mol. The standard InChI is InChI=1S/C9H11FN2O4.CH5P/c10-6-3-5(4-13)16-8(6)12-2-1-7(14)11-9(12)15;1-2/h1-2,5-6,8,13H,3-4H2,(H,11,14,15);2H2,1H3. The number of aliphatic hydroxyl groups excluding tert-OH is 1. The summed E-state index contributed by atoms with van der Waals surface area (Å²) in [6, 6.07) is 1.11. The molecule has 1 aromatic heterocycles. The number of rotatable bonds is 2. The molecule has 1 aliphatic heterocycles. The molecule has 1 aliphatic rings. The molecular weight excluding hydrogens is 262 g/mol. The van der Waals surface area contributed by atoms with Crippen molar-refractivity contribution in [1.29, 1.82) is 0 Å². The fraction of sp³-hybridized carbons (Fsp3) is 0.600. The van der Waals surface area contributed by atoms with E-state index in [-0.39, 0.29) is 13.0 Å². The van der Waals surface area contributed by atoms with E-state index in [0.29, 0.717) is 0 Å². The van der Waals surface area contributed by atoms with E-state index in [1.54, 1.807) is 0 Å². The molecule has 1 aromatic rings. The maximum atomic E-state index is 13.5. The fourth-order valence-electron chi connectivity index (χ4n) is 1.69. The zero-order valence-corrected chi connectivity index (χ0v) is 11.0. The Morgan fingerprint density at radius 3 is 2.78 bits per heavy atom. The SMILES string of the molecule is CP.O=c1ccn(C2OC(CO)CC2F)c(=O)[nH]1. The quantitative estimate of drug-likeness (QED) is 0.724. The van der Waals surface area contributed by atoms with E-state index in [0.717, 1.165) is 10.6 Å². The number of aromatic nitrogens is 2. The molecule has 8 heteroatoms. The highest BCUT2D eigenvalue weighted by Crippen LogP contribution is 2.29. The van der Waals surface area contributed by atoms with Crippen LogP contribution in [0.5, 0.6) is 0 Å². The molecule has 0 saturated carbocycles. The first kappa shape index (κ1) is 15.0. The molecule has 6 nitrogen and oxygen atoms in total. The number of aliphatic hydroxyl groups is 1. The normalized spacial score (nSPS) is 26.6. The number of H-pyrrole nitrogens is 1. The van der Waals surface area contributed by atoms with Crippen molar-refractivity contribution in [2.75, 3.05) is 13.3 Å². The van der Waals surface area contributed by atoms with Gasteiger partial charge in [-0.2, -0.15) is 0 Å². The number of alkyl halides is 1. The molecular formula is C10H16FN2O4P. The minimum absolute atomic E-state index is 0.0345. The predicted molar refractivity (Wildman–Crippen MR) is 67.5 cm³/mol. The van der Waals surface area contributed by atoms with Gasteiger partial charge in [0.1, 0.15) is 6.17 Å². The summed E-state index contributed by atoms with van der Waals surface area (Å²) in [7, 11) is 2.42. The fourth-order valence-corrected chi connectivity index (χ4v) is 1.69. The van der Waals surface area contributed by atoms with Crippen molar-refractivity contribution in [2.24, 2.45) is 0 Å². The summed E-state index contributed by atoms with van der Waals surface area (Å²) in [6.45, 7) is 1.62. The van der Waals surface area contributed by atoms with Crippen LogP contribution >= 0.6 is 9.24 Å². The Bertz CT molecular complexity index is 489. The Labute approximate surface area is 105 Å². The molecule has 2 rings (SSSR count). The topological polar surface area (TPSA) is 84.3 Å². The smallest absolute Gasteiger partial charge is 0.330 e. The second kappa shape index (κ2) is 6.78. The van der Waals surface area contributed by atoms with Crippen molar-refractivity contribution in [3.63, 3.8) is 0 Å². The lowest BCUT2D eigenvalue weighted by molar-refractivity contribution is -0.0394. The van der Waals surface area contributed by atoms with Crippen molar-refractivity contribution in [2.45, 2.75) is 24.9 Å². The Balaban J connectivity index is 0.000000771. The highest BCUT2D eigenvalue weighted by atomic mass is 31.0. The summed E-state index contributed by atoms with van der Waals surface area (Å²) in [5.74, 6) is 0. The summed E-state index contributed by atoms with van der Waals surface area (Å²) in [6.07, 6.45) is -1.86. The lowest BCUT2D eigenvalue weighted by Gasteiger charge is -2.15. The van der Waals surface area contributed by atoms with Crippen LogP contribution < -0.4 is 11.2 Å². The molecule has 4 atom stereocenters. The Hall–Kier alpha value is -1.04. The van der Waals surface area contributed by atoms with E-state index >= 15 is 0 Å². The Morgan fingerprint density at radius 1 is 1.61 bits per heavy atom. The van der Waals surface area contributed by atoms with Gasteiger partial charge in [-0.3, -0.25) is 14.3 Å². The number of nitrogens with one attached hydrogen (secondary N) is 1. The van der Waals surface area contributed by atoms with Gasteiger partial charge in [-0.15, -0.1) is 9.24 Å². The van der Waals surface area contributed by atoms with Gasteiger partial charge >= 0.3 is 5.69 Å². The van der Waals surface area contributed by atoms with Crippen LogP contribution in [0.2, 0.25) is 0 Å². The minimum Gasteiger partial charge on any atom is -0.394 e. The Kier molecular flexibility index (Phi) is 5.65. The van der Waals surface area contributed by atoms with Crippen LogP contribution in [0.15, 0.2) is 21.9 Å². The molecule has 2 N–H and O–H groups in total. The molecule has 1 fully saturated rings. The van der Waals surface area contributed by atoms with Crippen molar-refractivity contribution in [1.82, 2.24) is 9.55 Å². The first-order chi connectivity index (χ1) is 8.61. The van der Waals surface area contributed by atoms with Crippen LogP contribution in [-0.4, -0.2) is 40.2 Å².